The van der Waals surface area contributed by atoms with Gasteiger partial charge in [0.05, 0.1) is 11.9 Å². The number of aromatic nitrogens is 2. The Morgan fingerprint density at radius 3 is 2.87 bits per heavy atom. The average molecular weight is 239 g/mol. The summed E-state index contributed by atoms with van der Waals surface area (Å²) in [5.74, 6) is 0.701. The topological polar surface area (TPSA) is 17.8 Å². The smallest absolute Gasteiger partial charge is 0.0663 e. The van der Waals surface area contributed by atoms with Crippen molar-refractivity contribution >= 4 is 24.2 Å². The van der Waals surface area contributed by atoms with E-state index in [2.05, 4.69) is 17.7 Å². The molecular formula is C11H11ClN2S. The number of thiol groups is 1. The Kier molecular flexibility index (Phi) is 3.03. The molecule has 2 nitrogen and oxygen atoms in total. The van der Waals surface area contributed by atoms with Crippen LogP contribution in [-0.4, -0.2) is 9.78 Å². The van der Waals surface area contributed by atoms with E-state index in [9.17, 15) is 0 Å². The zero-order chi connectivity index (χ0) is 10.8. The summed E-state index contributed by atoms with van der Waals surface area (Å²) in [5.41, 5.74) is 3.22. The molecule has 0 amide bonds. The molecule has 0 unspecified atom stereocenters. The molecule has 0 fully saturated rings. The van der Waals surface area contributed by atoms with Crippen LogP contribution in [0.15, 0.2) is 30.5 Å². The van der Waals surface area contributed by atoms with E-state index in [0.29, 0.717) is 5.75 Å². The molecule has 0 bridgehead atoms. The number of rotatable bonds is 2. The quantitative estimate of drug-likeness (QED) is 0.796. The van der Waals surface area contributed by atoms with Gasteiger partial charge in [0.25, 0.3) is 0 Å². The second-order valence-corrected chi connectivity index (χ2v) is 4.06. The van der Waals surface area contributed by atoms with E-state index >= 15 is 0 Å². The fourth-order valence-corrected chi connectivity index (χ4v) is 1.96. The lowest BCUT2D eigenvalue weighted by atomic mass is 10.3. The first kappa shape index (κ1) is 10.6. The van der Waals surface area contributed by atoms with Gasteiger partial charge in [-0.15, -0.1) is 0 Å². The third-order valence-electron chi connectivity index (χ3n) is 2.33. The van der Waals surface area contributed by atoms with Gasteiger partial charge in [-0.25, -0.2) is 4.68 Å². The minimum absolute atomic E-state index is 0.701. The molecule has 2 aromatic rings. The summed E-state index contributed by atoms with van der Waals surface area (Å²) in [6, 6.07) is 7.64. The van der Waals surface area contributed by atoms with E-state index in [-0.39, 0.29) is 0 Å². The Labute approximate surface area is 99.3 Å². The molecule has 0 atom stereocenters. The number of hydrogen-bond donors (Lipinski definition) is 1. The van der Waals surface area contributed by atoms with Crippen molar-refractivity contribution < 1.29 is 0 Å². The van der Waals surface area contributed by atoms with Crippen LogP contribution >= 0.6 is 24.2 Å². The summed E-state index contributed by atoms with van der Waals surface area (Å²) < 4.78 is 1.87. The van der Waals surface area contributed by atoms with Crippen LogP contribution in [0.3, 0.4) is 0 Å². The average Bonchev–Trinajstić information content (AvgIpc) is 2.59. The van der Waals surface area contributed by atoms with Crippen molar-refractivity contribution in [2.45, 2.75) is 12.7 Å². The minimum Gasteiger partial charge on any atom is -0.238 e. The van der Waals surface area contributed by atoms with Gasteiger partial charge in [0, 0.05) is 22.0 Å². The van der Waals surface area contributed by atoms with Crippen LogP contribution in [0.25, 0.3) is 5.69 Å². The van der Waals surface area contributed by atoms with Crippen LogP contribution < -0.4 is 0 Å². The summed E-state index contributed by atoms with van der Waals surface area (Å²) in [6.07, 6.45) is 1.84. The second-order valence-electron chi connectivity index (χ2n) is 3.31. The number of halogens is 1. The van der Waals surface area contributed by atoms with Crippen LogP contribution in [0.1, 0.15) is 11.3 Å². The number of nitrogens with zero attached hydrogens (tertiary/aromatic N) is 2. The van der Waals surface area contributed by atoms with Crippen molar-refractivity contribution in [3.63, 3.8) is 0 Å². The highest BCUT2D eigenvalue weighted by Crippen LogP contribution is 2.18. The highest BCUT2D eigenvalue weighted by atomic mass is 35.5. The highest BCUT2D eigenvalue weighted by Gasteiger charge is 2.06. The van der Waals surface area contributed by atoms with Gasteiger partial charge in [-0.05, 0) is 25.1 Å². The van der Waals surface area contributed by atoms with Gasteiger partial charge in [-0.2, -0.15) is 17.7 Å². The molecule has 0 aliphatic carbocycles. The fourth-order valence-electron chi connectivity index (χ4n) is 1.47. The minimum atomic E-state index is 0.701. The SMILES string of the molecule is Cc1c(CS)cnn1-c1cccc(Cl)c1. The zero-order valence-corrected chi connectivity index (χ0v) is 9.96. The van der Waals surface area contributed by atoms with Crippen molar-refractivity contribution in [1.82, 2.24) is 9.78 Å². The molecule has 4 heteroatoms. The van der Waals surface area contributed by atoms with E-state index in [1.807, 2.05) is 42.1 Å². The van der Waals surface area contributed by atoms with Gasteiger partial charge in [0.1, 0.15) is 0 Å². The molecule has 0 saturated carbocycles. The standard InChI is InChI=1S/C11H11ClN2S/c1-8-9(7-15)6-13-14(8)11-4-2-3-10(12)5-11/h2-6,15H,7H2,1H3. The molecule has 78 valence electrons. The Hall–Kier alpha value is -0.930. The maximum absolute atomic E-state index is 5.93. The molecule has 0 aliphatic heterocycles. The van der Waals surface area contributed by atoms with Crippen molar-refractivity contribution in [2.75, 3.05) is 0 Å². The predicted octanol–water partition coefficient (Wildman–Crippen LogP) is 3.26. The van der Waals surface area contributed by atoms with E-state index in [1.165, 1.54) is 0 Å². The molecule has 15 heavy (non-hydrogen) atoms. The molecule has 1 heterocycles. The van der Waals surface area contributed by atoms with Crippen LogP contribution in [0.5, 0.6) is 0 Å². The molecule has 2 rings (SSSR count). The third kappa shape index (κ3) is 2.03. The largest absolute Gasteiger partial charge is 0.238 e. The van der Waals surface area contributed by atoms with E-state index < -0.39 is 0 Å². The fraction of sp³-hybridized carbons (Fsp3) is 0.182. The Bertz CT molecular complexity index is 479. The van der Waals surface area contributed by atoms with Crippen LogP contribution in [0.2, 0.25) is 5.02 Å². The highest BCUT2D eigenvalue weighted by molar-refractivity contribution is 7.79. The van der Waals surface area contributed by atoms with Gasteiger partial charge >= 0.3 is 0 Å². The lowest BCUT2D eigenvalue weighted by Crippen LogP contribution is -1.98. The molecule has 0 aliphatic rings. The summed E-state index contributed by atoms with van der Waals surface area (Å²) in [6.45, 7) is 2.03. The van der Waals surface area contributed by atoms with Crippen LogP contribution in [-0.2, 0) is 5.75 Å². The number of hydrogen-bond acceptors (Lipinski definition) is 2. The zero-order valence-electron chi connectivity index (χ0n) is 8.31. The van der Waals surface area contributed by atoms with Gasteiger partial charge in [0.2, 0.25) is 0 Å². The van der Waals surface area contributed by atoms with Crippen molar-refractivity contribution in [3.05, 3.63) is 46.7 Å². The molecule has 0 N–H and O–H groups in total. The molecule has 0 radical (unpaired) electrons. The summed E-state index contributed by atoms with van der Waals surface area (Å²) in [7, 11) is 0. The van der Waals surface area contributed by atoms with E-state index in [0.717, 1.165) is 22.0 Å². The Morgan fingerprint density at radius 1 is 1.47 bits per heavy atom. The third-order valence-corrected chi connectivity index (χ3v) is 2.91. The van der Waals surface area contributed by atoms with Crippen LogP contribution in [0, 0.1) is 6.92 Å². The Morgan fingerprint density at radius 2 is 2.27 bits per heavy atom. The van der Waals surface area contributed by atoms with Gasteiger partial charge in [0.15, 0.2) is 0 Å². The lowest BCUT2D eigenvalue weighted by molar-refractivity contribution is 0.845. The first-order valence-corrected chi connectivity index (χ1v) is 5.63. The molecule has 0 saturated heterocycles. The molecule has 0 spiro atoms. The molecule has 1 aromatic heterocycles. The molecule has 1 aromatic carbocycles. The van der Waals surface area contributed by atoms with Crippen molar-refractivity contribution in [3.8, 4) is 5.69 Å². The summed E-state index contributed by atoms with van der Waals surface area (Å²) in [5, 5.41) is 5.02. The van der Waals surface area contributed by atoms with Crippen molar-refractivity contribution in [2.24, 2.45) is 0 Å². The maximum atomic E-state index is 5.93. The molecular weight excluding hydrogens is 228 g/mol. The first-order chi connectivity index (χ1) is 7.22. The summed E-state index contributed by atoms with van der Waals surface area (Å²) in [4.78, 5) is 0. The normalized spacial score (nSPS) is 10.6. The second kappa shape index (κ2) is 4.29. The van der Waals surface area contributed by atoms with Crippen LogP contribution in [0.4, 0.5) is 0 Å². The van der Waals surface area contributed by atoms with Gasteiger partial charge in [-0.3, -0.25) is 0 Å². The predicted molar refractivity (Wildman–Crippen MR) is 66.0 cm³/mol. The van der Waals surface area contributed by atoms with Crippen molar-refractivity contribution in [1.29, 1.82) is 0 Å². The van der Waals surface area contributed by atoms with Gasteiger partial charge < -0.3 is 0 Å². The lowest BCUT2D eigenvalue weighted by Gasteiger charge is -2.05. The van der Waals surface area contributed by atoms with E-state index in [4.69, 9.17) is 11.6 Å². The summed E-state index contributed by atoms with van der Waals surface area (Å²) >= 11 is 10.2. The first-order valence-electron chi connectivity index (χ1n) is 4.62. The Balaban J connectivity index is 2.49. The monoisotopic (exact) mass is 238 g/mol. The number of benzene rings is 1. The van der Waals surface area contributed by atoms with E-state index in [1.54, 1.807) is 0 Å². The van der Waals surface area contributed by atoms with Gasteiger partial charge in [-0.1, -0.05) is 17.7 Å². The maximum Gasteiger partial charge on any atom is 0.0663 e.